The van der Waals surface area contributed by atoms with Crippen LogP contribution in [0, 0.1) is 6.92 Å². The van der Waals surface area contributed by atoms with Gasteiger partial charge in [0.05, 0.1) is 12.9 Å². The summed E-state index contributed by atoms with van der Waals surface area (Å²) in [7, 11) is 0. The molecule has 0 aliphatic carbocycles. The molecule has 1 heterocycles. The van der Waals surface area contributed by atoms with Gasteiger partial charge in [-0.3, -0.25) is 4.79 Å². The van der Waals surface area contributed by atoms with Crippen LogP contribution in [0.15, 0.2) is 47.1 Å². The fraction of sp³-hybridized carbons (Fsp3) is 0.235. The first-order valence-corrected chi connectivity index (χ1v) is 6.95. The highest BCUT2D eigenvalue weighted by Gasteiger charge is 2.04. The van der Waals surface area contributed by atoms with Crippen LogP contribution in [-0.4, -0.2) is 12.5 Å². The molecule has 0 spiro atoms. The van der Waals surface area contributed by atoms with Gasteiger partial charge in [0.1, 0.15) is 11.5 Å². The van der Waals surface area contributed by atoms with E-state index in [1.165, 1.54) is 6.08 Å². The molecule has 0 unspecified atom stereocenters. The second-order valence-electron chi connectivity index (χ2n) is 4.66. The zero-order valence-electron chi connectivity index (χ0n) is 12.3. The molecule has 0 radical (unpaired) electrons. The second kappa shape index (κ2) is 7.33. The fourth-order valence-corrected chi connectivity index (χ4v) is 1.80. The van der Waals surface area contributed by atoms with Crippen LogP contribution in [0.25, 0.3) is 6.08 Å². The molecule has 0 atom stereocenters. The molecular formula is C17H19NO3. The highest BCUT2D eigenvalue weighted by Crippen LogP contribution is 2.21. The van der Waals surface area contributed by atoms with Gasteiger partial charge >= 0.3 is 0 Å². The maximum Gasteiger partial charge on any atom is 0.248 e. The van der Waals surface area contributed by atoms with Crippen LogP contribution in [0.4, 0.5) is 5.69 Å². The Kier molecular flexibility index (Phi) is 5.21. The SMILES string of the molecule is CCCOc1ccc(NC(=O)/C=C/c2ccco2)c(C)c1. The smallest absolute Gasteiger partial charge is 0.248 e. The lowest BCUT2D eigenvalue weighted by Crippen LogP contribution is -2.09. The molecule has 0 saturated heterocycles. The van der Waals surface area contributed by atoms with Crippen molar-refractivity contribution in [3.8, 4) is 5.75 Å². The number of benzene rings is 1. The summed E-state index contributed by atoms with van der Waals surface area (Å²) in [5, 5.41) is 2.83. The van der Waals surface area contributed by atoms with Crippen LogP contribution in [0.2, 0.25) is 0 Å². The monoisotopic (exact) mass is 285 g/mol. The van der Waals surface area contributed by atoms with Gasteiger partial charge in [0.15, 0.2) is 0 Å². The van der Waals surface area contributed by atoms with Crippen molar-refractivity contribution < 1.29 is 13.9 Å². The van der Waals surface area contributed by atoms with Gasteiger partial charge in [0, 0.05) is 11.8 Å². The largest absolute Gasteiger partial charge is 0.494 e. The number of carbonyl (C=O) groups is 1. The number of carbonyl (C=O) groups excluding carboxylic acids is 1. The predicted molar refractivity (Wildman–Crippen MR) is 83.3 cm³/mol. The minimum absolute atomic E-state index is 0.197. The van der Waals surface area contributed by atoms with E-state index in [9.17, 15) is 4.79 Å². The summed E-state index contributed by atoms with van der Waals surface area (Å²) < 4.78 is 10.7. The second-order valence-corrected chi connectivity index (χ2v) is 4.66. The number of nitrogens with one attached hydrogen (secondary N) is 1. The Balaban J connectivity index is 1.97. The molecule has 4 heteroatoms. The maximum atomic E-state index is 11.8. The number of rotatable bonds is 6. The number of ether oxygens (including phenoxy) is 1. The van der Waals surface area contributed by atoms with Crippen molar-refractivity contribution >= 4 is 17.7 Å². The predicted octanol–water partition coefficient (Wildman–Crippen LogP) is 4.03. The third-order valence-corrected chi connectivity index (χ3v) is 2.87. The van der Waals surface area contributed by atoms with Crippen LogP contribution in [0.1, 0.15) is 24.7 Å². The number of aryl methyl sites for hydroxylation is 1. The van der Waals surface area contributed by atoms with Gasteiger partial charge in [0.25, 0.3) is 0 Å². The molecular weight excluding hydrogens is 266 g/mol. The quantitative estimate of drug-likeness (QED) is 0.815. The van der Waals surface area contributed by atoms with E-state index in [1.54, 1.807) is 24.5 Å². The third-order valence-electron chi connectivity index (χ3n) is 2.87. The van der Waals surface area contributed by atoms with Crippen LogP contribution in [-0.2, 0) is 4.79 Å². The summed E-state index contributed by atoms with van der Waals surface area (Å²) in [6.45, 7) is 4.69. The molecule has 4 nitrogen and oxygen atoms in total. The van der Waals surface area contributed by atoms with Crippen LogP contribution in [0.5, 0.6) is 5.75 Å². The van der Waals surface area contributed by atoms with E-state index < -0.39 is 0 Å². The Morgan fingerprint density at radius 3 is 2.90 bits per heavy atom. The molecule has 110 valence electrons. The number of furan rings is 1. The van der Waals surface area contributed by atoms with Gasteiger partial charge < -0.3 is 14.5 Å². The summed E-state index contributed by atoms with van der Waals surface area (Å²) >= 11 is 0. The normalized spacial score (nSPS) is 10.8. The van der Waals surface area contributed by atoms with E-state index in [0.717, 1.165) is 23.4 Å². The molecule has 1 N–H and O–H groups in total. The Morgan fingerprint density at radius 2 is 2.24 bits per heavy atom. The summed E-state index contributed by atoms with van der Waals surface area (Å²) in [4.78, 5) is 11.8. The van der Waals surface area contributed by atoms with Gasteiger partial charge in [-0.2, -0.15) is 0 Å². The zero-order chi connectivity index (χ0) is 15.1. The van der Waals surface area contributed by atoms with E-state index >= 15 is 0 Å². The van der Waals surface area contributed by atoms with E-state index in [1.807, 2.05) is 25.1 Å². The molecule has 2 aromatic rings. The average Bonchev–Trinajstić information content (AvgIpc) is 2.99. The highest BCUT2D eigenvalue weighted by molar-refractivity contribution is 6.02. The van der Waals surface area contributed by atoms with E-state index in [-0.39, 0.29) is 5.91 Å². The first-order valence-electron chi connectivity index (χ1n) is 6.95. The lowest BCUT2D eigenvalue weighted by molar-refractivity contribution is -0.111. The lowest BCUT2D eigenvalue weighted by atomic mass is 10.2. The lowest BCUT2D eigenvalue weighted by Gasteiger charge is -2.10. The van der Waals surface area contributed by atoms with Gasteiger partial charge in [0.2, 0.25) is 5.91 Å². The van der Waals surface area contributed by atoms with Gasteiger partial charge in [-0.05, 0) is 55.3 Å². The van der Waals surface area contributed by atoms with Crippen molar-refractivity contribution in [2.45, 2.75) is 20.3 Å². The molecule has 0 saturated carbocycles. The van der Waals surface area contributed by atoms with Crippen molar-refractivity contribution in [3.05, 3.63) is 54.0 Å². The molecule has 21 heavy (non-hydrogen) atoms. The molecule has 0 aliphatic heterocycles. The topological polar surface area (TPSA) is 51.5 Å². The number of amides is 1. The van der Waals surface area contributed by atoms with Gasteiger partial charge in [-0.1, -0.05) is 6.92 Å². The Morgan fingerprint density at radius 1 is 1.38 bits per heavy atom. The molecule has 1 amide bonds. The maximum absolute atomic E-state index is 11.8. The van der Waals surface area contributed by atoms with Gasteiger partial charge in [-0.15, -0.1) is 0 Å². The summed E-state index contributed by atoms with van der Waals surface area (Å²) in [5.41, 5.74) is 1.73. The summed E-state index contributed by atoms with van der Waals surface area (Å²) in [6, 6.07) is 9.18. The zero-order valence-corrected chi connectivity index (χ0v) is 12.3. The Hall–Kier alpha value is -2.49. The number of anilines is 1. The number of hydrogen-bond acceptors (Lipinski definition) is 3. The van der Waals surface area contributed by atoms with Crippen molar-refractivity contribution in [1.29, 1.82) is 0 Å². The van der Waals surface area contributed by atoms with Crippen LogP contribution < -0.4 is 10.1 Å². The molecule has 0 bridgehead atoms. The molecule has 1 aromatic heterocycles. The van der Waals surface area contributed by atoms with E-state index in [4.69, 9.17) is 9.15 Å². The fourth-order valence-electron chi connectivity index (χ4n) is 1.80. The summed E-state index contributed by atoms with van der Waals surface area (Å²) in [6.07, 6.45) is 5.61. The minimum Gasteiger partial charge on any atom is -0.494 e. The van der Waals surface area contributed by atoms with Crippen molar-refractivity contribution in [3.63, 3.8) is 0 Å². The Labute approximate surface area is 124 Å². The highest BCUT2D eigenvalue weighted by atomic mass is 16.5. The molecule has 1 aromatic carbocycles. The van der Waals surface area contributed by atoms with Crippen LogP contribution in [0.3, 0.4) is 0 Å². The van der Waals surface area contributed by atoms with Gasteiger partial charge in [-0.25, -0.2) is 0 Å². The minimum atomic E-state index is -0.197. The van der Waals surface area contributed by atoms with E-state index in [2.05, 4.69) is 12.2 Å². The summed E-state index contributed by atoms with van der Waals surface area (Å²) in [5.74, 6) is 1.26. The first kappa shape index (κ1) is 14.9. The van der Waals surface area contributed by atoms with Crippen LogP contribution >= 0.6 is 0 Å². The first-order chi connectivity index (χ1) is 10.2. The standard InChI is InChI=1S/C17H19NO3/c1-3-10-20-15-6-8-16(13(2)12-15)18-17(19)9-7-14-5-4-11-21-14/h4-9,11-12H,3,10H2,1-2H3,(H,18,19)/b9-7+. The van der Waals surface area contributed by atoms with Crippen molar-refractivity contribution in [2.24, 2.45) is 0 Å². The molecule has 2 rings (SSSR count). The van der Waals surface area contributed by atoms with Crippen molar-refractivity contribution in [2.75, 3.05) is 11.9 Å². The number of hydrogen-bond donors (Lipinski definition) is 1. The third kappa shape index (κ3) is 4.53. The van der Waals surface area contributed by atoms with E-state index in [0.29, 0.717) is 12.4 Å². The Bertz CT molecular complexity index is 615. The average molecular weight is 285 g/mol. The molecule has 0 fully saturated rings. The van der Waals surface area contributed by atoms with Crippen molar-refractivity contribution in [1.82, 2.24) is 0 Å². The molecule has 0 aliphatic rings.